The summed E-state index contributed by atoms with van der Waals surface area (Å²) in [6.07, 6.45) is 0. The average Bonchev–Trinajstić information content (AvgIpc) is 2.48. The van der Waals surface area contributed by atoms with Crippen LogP contribution in [0.1, 0.15) is 11.1 Å². The molecule has 0 fully saturated rings. The first-order chi connectivity index (χ1) is 9.45. The molecule has 0 unspecified atom stereocenters. The average molecular weight is 274 g/mol. The molecule has 0 aliphatic carbocycles. The van der Waals surface area contributed by atoms with Gasteiger partial charge in [0, 0.05) is 0 Å². The number of hydrogen-bond acceptors (Lipinski definition) is 3. The molecule has 0 radical (unpaired) electrons. The monoisotopic (exact) mass is 274 g/mol. The predicted molar refractivity (Wildman–Crippen MR) is 79.8 cm³/mol. The zero-order valence-electron chi connectivity index (χ0n) is 10.8. The summed E-state index contributed by atoms with van der Waals surface area (Å²) in [5.41, 5.74) is 2.40. The van der Waals surface area contributed by atoms with Crippen molar-refractivity contribution in [3.63, 3.8) is 0 Å². The van der Waals surface area contributed by atoms with E-state index in [1.165, 1.54) is 11.1 Å². The van der Waals surface area contributed by atoms with Gasteiger partial charge in [0.15, 0.2) is 0 Å². The maximum Gasteiger partial charge on any atom is 0.0948 e. The standard InChI is InChI=1S/C16H18O2S/c1-3-7-15(8-4-1)11-17-13-19-14-18-12-16-9-5-2-6-10-16/h1-10H,11-14H2. The van der Waals surface area contributed by atoms with E-state index in [0.717, 1.165) is 0 Å². The van der Waals surface area contributed by atoms with Crippen molar-refractivity contribution in [3.05, 3.63) is 71.8 Å². The zero-order chi connectivity index (χ0) is 13.2. The van der Waals surface area contributed by atoms with Crippen molar-refractivity contribution in [2.24, 2.45) is 0 Å². The minimum atomic E-state index is 0.656. The van der Waals surface area contributed by atoms with Gasteiger partial charge in [-0.05, 0) is 11.1 Å². The number of ether oxygens (including phenoxy) is 2. The summed E-state index contributed by atoms with van der Waals surface area (Å²) in [5.74, 6) is 1.31. The Labute approximate surface area is 118 Å². The van der Waals surface area contributed by atoms with E-state index in [9.17, 15) is 0 Å². The van der Waals surface area contributed by atoms with Crippen molar-refractivity contribution in [2.45, 2.75) is 13.2 Å². The molecule has 2 aromatic carbocycles. The van der Waals surface area contributed by atoms with Gasteiger partial charge in [0.1, 0.15) is 0 Å². The van der Waals surface area contributed by atoms with Crippen LogP contribution in [0.15, 0.2) is 60.7 Å². The minimum absolute atomic E-state index is 0.656. The van der Waals surface area contributed by atoms with Crippen LogP contribution < -0.4 is 0 Å². The summed E-state index contributed by atoms with van der Waals surface area (Å²) in [4.78, 5) is 0. The molecule has 19 heavy (non-hydrogen) atoms. The Balaban J connectivity index is 1.49. The number of hydrogen-bond donors (Lipinski definition) is 0. The van der Waals surface area contributed by atoms with Crippen molar-refractivity contribution < 1.29 is 9.47 Å². The van der Waals surface area contributed by atoms with Gasteiger partial charge in [-0.3, -0.25) is 0 Å². The molecule has 0 amide bonds. The van der Waals surface area contributed by atoms with E-state index >= 15 is 0 Å². The van der Waals surface area contributed by atoms with Gasteiger partial charge in [0.25, 0.3) is 0 Å². The summed E-state index contributed by atoms with van der Waals surface area (Å²) < 4.78 is 11.1. The van der Waals surface area contributed by atoms with Crippen LogP contribution >= 0.6 is 11.8 Å². The molecule has 100 valence electrons. The maximum atomic E-state index is 5.55. The van der Waals surface area contributed by atoms with Gasteiger partial charge in [-0.25, -0.2) is 0 Å². The first-order valence-electron chi connectivity index (χ1n) is 6.26. The van der Waals surface area contributed by atoms with E-state index in [-0.39, 0.29) is 0 Å². The molecule has 0 aliphatic heterocycles. The van der Waals surface area contributed by atoms with Crippen molar-refractivity contribution >= 4 is 11.8 Å². The molecule has 0 atom stereocenters. The van der Waals surface area contributed by atoms with Gasteiger partial charge < -0.3 is 9.47 Å². The SMILES string of the molecule is c1ccc(COCSCOCc2ccccc2)cc1. The van der Waals surface area contributed by atoms with E-state index in [4.69, 9.17) is 9.47 Å². The van der Waals surface area contributed by atoms with Gasteiger partial charge in [-0.15, -0.1) is 11.8 Å². The maximum absolute atomic E-state index is 5.55. The highest BCUT2D eigenvalue weighted by Gasteiger charge is 1.94. The van der Waals surface area contributed by atoms with Gasteiger partial charge in [-0.2, -0.15) is 0 Å². The Morgan fingerprint density at radius 2 is 1.05 bits per heavy atom. The Hall–Kier alpha value is -1.29. The molecule has 0 saturated carbocycles. The highest BCUT2D eigenvalue weighted by atomic mass is 32.2. The van der Waals surface area contributed by atoms with Crippen LogP contribution in [-0.4, -0.2) is 11.9 Å². The Kier molecular flexibility index (Phi) is 6.51. The minimum Gasteiger partial charge on any atom is -0.366 e. The van der Waals surface area contributed by atoms with Gasteiger partial charge >= 0.3 is 0 Å². The van der Waals surface area contributed by atoms with E-state index in [0.29, 0.717) is 25.1 Å². The number of benzene rings is 2. The Morgan fingerprint density at radius 1 is 0.632 bits per heavy atom. The van der Waals surface area contributed by atoms with Crippen molar-refractivity contribution in [3.8, 4) is 0 Å². The molecule has 0 spiro atoms. The third kappa shape index (κ3) is 5.92. The van der Waals surface area contributed by atoms with E-state index in [1.54, 1.807) is 11.8 Å². The van der Waals surface area contributed by atoms with Crippen molar-refractivity contribution in [1.82, 2.24) is 0 Å². The Bertz CT molecular complexity index is 401. The molecule has 3 heteroatoms. The molecule has 2 aromatic rings. The van der Waals surface area contributed by atoms with E-state index in [2.05, 4.69) is 24.3 Å². The van der Waals surface area contributed by atoms with Gasteiger partial charge in [0.2, 0.25) is 0 Å². The second-order valence-electron chi connectivity index (χ2n) is 4.11. The molecule has 0 heterocycles. The highest BCUT2D eigenvalue weighted by Crippen LogP contribution is 2.07. The van der Waals surface area contributed by atoms with Gasteiger partial charge in [-0.1, -0.05) is 60.7 Å². The summed E-state index contributed by atoms with van der Waals surface area (Å²) >= 11 is 1.65. The fourth-order valence-corrected chi connectivity index (χ4v) is 2.09. The molecule has 2 rings (SSSR count). The van der Waals surface area contributed by atoms with Crippen LogP contribution in [0.25, 0.3) is 0 Å². The lowest BCUT2D eigenvalue weighted by atomic mass is 10.2. The highest BCUT2D eigenvalue weighted by molar-refractivity contribution is 7.98. The second-order valence-corrected chi connectivity index (χ2v) is 4.99. The van der Waals surface area contributed by atoms with Crippen molar-refractivity contribution in [2.75, 3.05) is 11.9 Å². The smallest absolute Gasteiger partial charge is 0.0948 e. The topological polar surface area (TPSA) is 18.5 Å². The first kappa shape index (κ1) is 14.1. The van der Waals surface area contributed by atoms with Crippen LogP contribution in [0, 0.1) is 0 Å². The van der Waals surface area contributed by atoms with E-state index < -0.39 is 0 Å². The fourth-order valence-electron chi connectivity index (χ4n) is 1.62. The molecular weight excluding hydrogens is 256 g/mol. The van der Waals surface area contributed by atoms with Crippen LogP contribution in [0.4, 0.5) is 0 Å². The fraction of sp³-hybridized carbons (Fsp3) is 0.250. The lowest BCUT2D eigenvalue weighted by Gasteiger charge is -2.05. The predicted octanol–water partition coefficient (Wildman–Crippen LogP) is 4.07. The van der Waals surface area contributed by atoms with Crippen LogP contribution in [0.5, 0.6) is 0 Å². The summed E-state index contributed by atoms with van der Waals surface area (Å²) in [5, 5.41) is 0. The Morgan fingerprint density at radius 3 is 1.47 bits per heavy atom. The molecule has 2 nitrogen and oxygen atoms in total. The first-order valence-corrected chi connectivity index (χ1v) is 7.42. The largest absolute Gasteiger partial charge is 0.366 e. The lowest BCUT2D eigenvalue weighted by molar-refractivity contribution is 0.154. The zero-order valence-corrected chi connectivity index (χ0v) is 11.6. The third-order valence-corrected chi connectivity index (χ3v) is 3.22. The summed E-state index contributed by atoms with van der Waals surface area (Å²) in [7, 11) is 0. The van der Waals surface area contributed by atoms with E-state index in [1.807, 2.05) is 36.4 Å². The molecule has 0 aromatic heterocycles. The number of rotatable bonds is 8. The van der Waals surface area contributed by atoms with Crippen LogP contribution in [0.2, 0.25) is 0 Å². The van der Waals surface area contributed by atoms with Crippen LogP contribution in [-0.2, 0) is 22.7 Å². The third-order valence-electron chi connectivity index (χ3n) is 2.56. The quantitative estimate of drug-likeness (QED) is 0.534. The van der Waals surface area contributed by atoms with Crippen LogP contribution in [0.3, 0.4) is 0 Å². The molecule has 0 bridgehead atoms. The number of thioether (sulfide) groups is 1. The summed E-state index contributed by atoms with van der Waals surface area (Å²) in [6, 6.07) is 20.4. The lowest BCUT2D eigenvalue weighted by Crippen LogP contribution is -1.96. The van der Waals surface area contributed by atoms with Gasteiger partial charge in [0.05, 0.1) is 25.1 Å². The second kappa shape index (κ2) is 8.75. The molecule has 0 N–H and O–H groups in total. The molecule has 0 aliphatic rings. The summed E-state index contributed by atoms with van der Waals surface area (Å²) in [6.45, 7) is 1.32. The molecular formula is C16H18O2S. The molecule has 0 saturated heterocycles. The van der Waals surface area contributed by atoms with Crippen molar-refractivity contribution in [1.29, 1.82) is 0 Å². The normalized spacial score (nSPS) is 10.5.